The fourth-order valence-electron chi connectivity index (χ4n) is 2.98. The highest BCUT2D eigenvalue weighted by atomic mass is 16.2. The van der Waals surface area contributed by atoms with Gasteiger partial charge in [0, 0.05) is 58.0 Å². The number of amides is 1. The maximum absolute atomic E-state index is 11.7. The Hall–Kier alpha value is -2.31. The van der Waals surface area contributed by atoms with Crippen LogP contribution in [0.1, 0.15) is 32.6 Å². The van der Waals surface area contributed by atoms with Crippen LogP contribution in [0.2, 0.25) is 0 Å². The number of nitrogens with one attached hydrogen (secondary N) is 2. The first-order chi connectivity index (χ1) is 12.1. The molecule has 2 N–H and O–H groups in total. The molecule has 1 fully saturated rings. The van der Waals surface area contributed by atoms with Gasteiger partial charge in [-0.15, -0.1) is 0 Å². The molecule has 25 heavy (non-hydrogen) atoms. The van der Waals surface area contributed by atoms with E-state index in [1.165, 1.54) is 0 Å². The van der Waals surface area contributed by atoms with Crippen LogP contribution in [0.15, 0.2) is 34.2 Å². The van der Waals surface area contributed by atoms with Gasteiger partial charge < -0.3 is 20.1 Å². The summed E-state index contributed by atoms with van der Waals surface area (Å²) in [5.74, 6) is 0.982. The van der Waals surface area contributed by atoms with Crippen LogP contribution in [0.4, 0.5) is 0 Å². The van der Waals surface area contributed by atoms with Gasteiger partial charge in [0.05, 0.1) is 0 Å². The van der Waals surface area contributed by atoms with Gasteiger partial charge in [0.25, 0.3) is 0 Å². The first-order valence-electron chi connectivity index (χ1n) is 9.04. The van der Waals surface area contributed by atoms with Crippen molar-refractivity contribution in [3.05, 3.63) is 34.7 Å². The summed E-state index contributed by atoms with van der Waals surface area (Å²) in [5.41, 5.74) is 0.0420. The van der Waals surface area contributed by atoms with Crippen molar-refractivity contribution in [2.75, 3.05) is 26.7 Å². The lowest BCUT2D eigenvalue weighted by molar-refractivity contribution is -0.129. The Bertz CT molecular complexity index is 640. The number of carbonyl (C=O) groups excluding carboxylic acids is 1. The molecule has 1 unspecified atom stereocenters. The lowest BCUT2D eigenvalue weighted by Gasteiger charge is -2.18. The molecular weight excluding hydrogens is 318 g/mol. The molecule has 1 aliphatic rings. The van der Waals surface area contributed by atoms with E-state index in [1.54, 1.807) is 23.7 Å². The second kappa shape index (κ2) is 9.86. The number of carbonyl (C=O) groups is 1. The van der Waals surface area contributed by atoms with Gasteiger partial charge in [0.1, 0.15) is 0 Å². The Morgan fingerprint density at radius 3 is 2.92 bits per heavy atom. The minimum absolute atomic E-state index is 0.0420. The van der Waals surface area contributed by atoms with Crippen molar-refractivity contribution in [3.8, 4) is 0 Å². The number of nitrogens with zero attached hydrogens (tertiary/aromatic N) is 3. The topological polar surface area (TPSA) is 78.7 Å². The molecule has 1 saturated heterocycles. The Morgan fingerprint density at radius 1 is 1.36 bits per heavy atom. The summed E-state index contributed by atoms with van der Waals surface area (Å²) in [6.45, 7) is 4.97. The minimum atomic E-state index is 0.0420. The van der Waals surface area contributed by atoms with Crippen molar-refractivity contribution in [3.63, 3.8) is 0 Å². The number of aromatic nitrogens is 1. The van der Waals surface area contributed by atoms with Crippen molar-refractivity contribution in [1.82, 2.24) is 20.1 Å². The number of aliphatic imine (C=N–C) groups is 1. The first kappa shape index (κ1) is 19.0. The molecule has 0 spiro atoms. The summed E-state index contributed by atoms with van der Waals surface area (Å²) in [6.07, 6.45) is 5.20. The van der Waals surface area contributed by atoms with Crippen LogP contribution in [0, 0.1) is 0 Å². The van der Waals surface area contributed by atoms with Crippen LogP contribution in [0.3, 0.4) is 0 Å². The first-order valence-corrected chi connectivity index (χ1v) is 9.04. The minimum Gasteiger partial charge on any atom is -0.356 e. The van der Waals surface area contributed by atoms with Crippen molar-refractivity contribution < 1.29 is 4.79 Å². The molecule has 1 aliphatic heterocycles. The standard InChI is InChI=1S/C18H29N5O2/c1-3-16(24)23-13-9-15(14-23)21-18(19-2)20-10-5-7-12-22-11-6-4-8-17(22)25/h4,6,8,11,15H,3,5,7,9-10,12-14H2,1-2H3,(H2,19,20,21). The van der Waals surface area contributed by atoms with Crippen LogP contribution in [0.25, 0.3) is 0 Å². The van der Waals surface area contributed by atoms with Crippen molar-refractivity contribution in [1.29, 1.82) is 0 Å². The van der Waals surface area contributed by atoms with Gasteiger partial charge in [0.2, 0.25) is 11.5 Å². The zero-order chi connectivity index (χ0) is 18.1. The Morgan fingerprint density at radius 2 is 2.20 bits per heavy atom. The molecule has 0 radical (unpaired) electrons. The highest BCUT2D eigenvalue weighted by Gasteiger charge is 2.25. The average molecular weight is 347 g/mol. The molecule has 2 rings (SSSR count). The van der Waals surface area contributed by atoms with E-state index in [9.17, 15) is 9.59 Å². The number of unbranched alkanes of at least 4 members (excludes halogenated alkanes) is 1. The van der Waals surface area contributed by atoms with Crippen molar-refractivity contribution >= 4 is 11.9 Å². The van der Waals surface area contributed by atoms with Gasteiger partial charge in [-0.05, 0) is 25.3 Å². The van der Waals surface area contributed by atoms with Crippen LogP contribution in [0.5, 0.6) is 0 Å². The highest BCUT2D eigenvalue weighted by Crippen LogP contribution is 2.10. The number of aryl methyl sites for hydroxylation is 1. The molecule has 1 aromatic heterocycles. The van der Waals surface area contributed by atoms with Crippen molar-refractivity contribution in [2.24, 2.45) is 4.99 Å². The molecule has 2 heterocycles. The van der Waals surface area contributed by atoms with E-state index in [2.05, 4.69) is 15.6 Å². The van der Waals surface area contributed by atoms with E-state index in [1.807, 2.05) is 24.1 Å². The third kappa shape index (κ3) is 5.92. The fourth-order valence-corrected chi connectivity index (χ4v) is 2.98. The van der Waals surface area contributed by atoms with E-state index in [0.29, 0.717) is 6.42 Å². The average Bonchev–Trinajstić information content (AvgIpc) is 3.09. The second-order valence-corrected chi connectivity index (χ2v) is 6.26. The summed E-state index contributed by atoms with van der Waals surface area (Å²) >= 11 is 0. The molecular formula is C18H29N5O2. The van der Waals surface area contributed by atoms with Gasteiger partial charge in [-0.2, -0.15) is 0 Å². The zero-order valence-electron chi connectivity index (χ0n) is 15.2. The molecule has 0 aliphatic carbocycles. The zero-order valence-corrected chi connectivity index (χ0v) is 15.2. The molecule has 138 valence electrons. The number of guanidine groups is 1. The molecule has 7 heteroatoms. The molecule has 7 nitrogen and oxygen atoms in total. The summed E-state index contributed by atoms with van der Waals surface area (Å²) in [7, 11) is 1.75. The molecule has 1 atom stereocenters. The Balaban J connectivity index is 1.65. The number of hydrogen-bond acceptors (Lipinski definition) is 3. The van der Waals surface area contributed by atoms with E-state index < -0.39 is 0 Å². The van der Waals surface area contributed by atoms with Gasteiger partial charge in [-0.3, -0.25) is 14.6 Å². The maximum Gasteiger partial charge on any atom is 0.250 e. The van der Waals surface area contributed by atoms with E-state index in [-0.39, 0.29) is 17.5 Å². The van der Waals surface area contributed by atoms with Crippen molar-refractivity contribution in [2.45, 2.75) is 45.2 Å². The highest BCUT2D eigenvalue weighted by molar-refractivity contribution is 5.80. The number of pyridine rings is 1. The second-order valence-electron chi connectivity index (χ2n) is 6.26. The molecule has 1 aromatic rings. The van der Waals surface area contributed by atoms with Gasteiger partial charge in [-0.1, -0.05) is 13.0 Å². The van der Waals surface area contributed by atoms with Gasteiger partial charge in [-0.25, -0.2) is 0 Å². The third-order valence-corrected chi connectivity index (χ3v) is 4.43. The maximum atomic E-state index is 11.7. The predicted octanol–water partition coefficient (Wildman–Crippen LogP) is 0.804. The molecule has 0 aromatic carbocycles. The fraction of sp³-hybridized carbons (Fsp3) is 0.611. The van der Waals surface area contributed by atoms with Crippen LogP contribution in [-0.4, -0.2) is 54.1 Å². The van der Waals surface area contributed by atoms with Crippen LogP contribution >= 0.6 is 0 Å². The summed E-state index contributed by atoms with van der Waals surface area (Å²) in [4.78, 5) is 29.5. The Kier molecular flexibility index (Phi) is 7.50. The Labute approximate surface area is 149 Å². The van der Waals surface area contributed by atoms with Gasteiger partial charge in [0.15, 0.2) is 5.96 Å². The lowest BCUT2D eigenvalue weighted by atomic mass is 10.2. The summed E-state index contributed by atoms with van der Waals surface area (Å²) < 4.78 is 1.73. The largest absolute Gasteiger partial charge is 0.356 e. The van der Waals surface area contributed by atoms with E-state index >= 15 is 0 Å². The summed E-state index contributed by atoms with van der Waals surface area (Å²) in [5, 5.41) is 6.69. The molecule has 1 amide bonds. The monoisotopic (exact) mass is 347 g/mol. The predicted molar refractivity (Wildman–Crippen MR) is 99.7 cm³/mol. The van der Waals surface area contributed by atoms with E-state index in [4.69, 9.17) is 0 Å². The normalized spacial score (nSPS) is 17.6. The van der Waals surface area contributed by atoms with Crippen LogP contribution in [-0.2, 0) is 11.3 Å². The lowest BCUT2D eigenvalue weighted by Crippen LogP contribution is -2.45. The third-order valence-electron chi connectivity index (χ3n) is 4.43. The molecule has 0 saturated carbocycles. The molecule has 0 bridgehead atoms. The van der Waals surface area contributed by atoms with Gasteiger partial charge >= 0.3 is 0 Å². The number of rotatable bonds is 7. The quantitative estimate of drug-likeness (QED) is 0.435. The van der Waals surface area contributed by atoms with Crippen LogP contribution < -0.4 is 16.2 Å². The summed E-state index contributed by atoms with van der Waals surface area (Å²) in [6, 6.07) is 5.47. The number of hydrogen-bond donors (Lipinski definition) is 2. The van der Waals surface area contributed by atoms with E-state index in [0.717, 1.165) is 51.4 Å². The number of likely N-dealkylation sites (tertiary alicyclic amines) is 1. The SMILES string of the molecule is CCC(=O)N1CCC(NC(=NC)NCCCCn2ccccc2=O)C1. The smallest absolute Gasteiger partial charge is 0.250 e.